The van der Waals surface area contributed by atoms with E-state index < -0.39 is 19.2 Å². The molecule has 0 unspecified atom stereocenters. The number of hydrogen-bond acceptors (Lipinski definition) is 4. The minimum atomic E-state index is -3.74. The third-order valence-electron chi connectivity index (χ3n) is 9.34. The fourth-order valence-corrected chi connectivity index (χ4v) is 16.1. The molecule has 0 aromatic heterocycles. The van der Waals surface area contributed by atoms with Crippen LogP contribution in [0.2, 0.25) is 8.87 Å². The molecule has 45 heavy (non-hydrogen) atoms. The molecule has 0 aromatic rings. The second-order valence-corrected chi connectivity index (χ2v) is 24.4. The fourth-order valence-electron chi connectivity index (χ4n) is 6.66. The van der Waals surface area contributed by atoms with Crippen LogP contribution >= 0.6 is 0 Å². The first kappa shape index (κ1) is 44.7. The molecule has 0 rings (SSSR count). The zero-order valence-electron chi connectivity index (χ0n) is 31.5. The predicted molar refractivity (Wildman–Crippen MR) is 198 cm³/mol. The zero-order valence-corrected chi connectivity index (χ0v) is 34.4. The van der Waals surface area contributed by atoms with E-state index in [1.54, 1.807) is 0 Å². The molecule has 0 aromatic carbocycles. The number of carbonyl (C=O) groups excluding carboxylic acids is 2. The fraction of sp³-hybridized carbons (Fsp3) is 0.950. The van der Waals surface area contributed by atoms with Gasteiger partial charge in [-0.25, -0.2) is 0 Å². The standard InChI is InChI=1S/2C18H37.2C2H4O2.Sn/c2*1-4-5-6-7-8-9-10-11-12-13-14-15-16-17-18(2)3;2*1-2(3)4;/h2*18H,1,4-17H2,2-3H3;2*1H3,(H,3,4);/q;;;;+2/p-2. The van der Waals surface area contributed by atoms with Crippen molar-refractivity contribution in [2.24, 2.45) is 11.8 Å². The molecule has 0 amide bonds. The molecular weight excluding hydrogens is 663 g/mol. The molecular formula is C40H80O4Sn. The van der Waals surface area contributed by atoms with E-state index in [1.165, 1.54) is 168 Å². The van der Waals surface area contributed by atoms with Crippen molar-refractivity contribution in [1.82, 2.24) is 0 Å². The Morgan fingerprint density at radius 2 is 0.578 bits per heavy atom. The first-order chi connectivity index (χ1) is 21.7. The third kappa shape index (κ3) is 33.4. The maximum atomic E-state index is 12.0. The summed E-state index contributed by atoms with van der Waals surface area (Å²) in [5.41, 5.74) is 0. The van der Waals surface area contributed by atoms with Gasteiger partial charge >= 0.3 is 211 Å². The molecule has 0 N–H and O–H groups in total. The van der Waals surface area contributed by atoms with Gasteiger partial charge in [-0.15, -0.1) is 0 Å². The maximum absolute atomic E-state index is 12.0. The summed E-state index contributed by atoms with van der Waals surface area (Å²) in [5, 5.41) is 0. The summed E-state index contributed by atoms with van der Waals surface area (Å²) in [4.78, 5) is 24.0. The van der Waals surface area contributed by atoms with Crippen molar-refractivity contribution in [3.63, 3.8) is 0 Å². The second-order valence-electron chi connectivity index (χ2n) is 15.2. The molecule has 0 saturated carbocycles. The van der Waals surface area contributed by atoms with Crippen LogP contribution in [0.1, 0.15) is 221 Å². The van der Waals surface area contributed by atoms with Gasteiger partial charge in [-0.1, -0.05) is 66.2 Å². The van der Waals surface area contributed by atoms with Gasteiger partial charge in [-0.05, 0) is 11.8 Å². The van der Waals surface area contributed by atoms with Crippen molar-refractivity contribution >= 4 is 31.1 Å². The van der Waals surface area contributed by atoms with Gasteiger partial charge < -0.3 is 0 Å². The number of unbranched alkanes of at least 4 members (excludes halogenated alkanes) is 24. The molecule has 0 fully saturated rings. The van der Waals surface area contributed by atoms with E-state index in [0.29, 0.717) is 0 Å². The van der Waals surface area contributed by atoms with Crippen LogP contribution in [0.15, 0.2) is 0 Å². The van der Waals surface area contributed by atoms with Crippen molar-refractivity contribution in [2.75, 3.05) is 0 Å². The Balaban J connectivity index is 3.99. The molecule has 5 heteroatoms. The van der Waals surface area contributed by atoms with Crippen LogP contribution < -0.4 is 0 Å². The van der Waals surface area contributed by atoms with Gasteiger partial charge in [0.1, 0.15) is 0 Å². The number of hydrogen-bond donors (Lipinski definition) is 0. The van der Waals surface area contributed by atoms with Crippen LogP contribution in [0.5, 0.6) is 0 Å². The van der Waals surface area contributed by atoms with E-state index in [1.807, 2.05) is 0 Å². The first-order valence-corrected chi connectivity index (χ1v) is 26.4. The SMILES string of the molecule is CC(=O)[O][Sn]([CH2]CCCCCCCCCCCCCCC(C)C)([CH2]CCCCCCCCCCCCCCC(C)C)[O]C(C)=O. The van der Waals surface area contributed by atoms with Gasteiger partial charge in [0.05, 0.1) is 0 Å². The molecule has 0 aliphatic carbocycles. The second kappa shape index (κ2) is 32.3. The Hall–Kier alpha value is -0.261. The number of rotatable bonds is 34. The average molecular weight is 744 g/mol. The Morgan fingerprint density at radius 3 is 0.778 bits per heavy atom. The normalized spacial score (nSPS) is 11.9. The molecule has 0 spiro atoms. The van der Waals surface area contributed by atoms with Crippen molar-refractivity contribution in [2.45, 2.75) is 230 Å². The van der Waals surface area contributed by atoms with Gasteiger partial charge in [0.25, 0.3) is 0 Å². The van der Waals surface area contributed by atoms with Gasteiger partial charge in [0.15, 0.2) is 0 Å². The number of carbonyl (C=O) groups is 2. The summed E-state index contributed by atoms with van der Waals surface area (Å²) in [5.74, 6) is 1.18. The Bertz CT molecular complexity index is 607. The molecule has 0 saturated heterocycles. The van der Waals surface area contributed by atoms with Crippen molar-refractivity contribution in [1.29, 1.82) is 0 Å². The van der Waals surface area contributed by atoms with E-state index >= 15 is 0 Å². The molecule has 268 valence electrons. The van der Waals surface area contributed by atoms with Gasteiger partial charge in [-0.2, -0.15) is 0 Å². The Labute approximate surface area is 287 Å². The van der Waals surface area contributed by atoms with Crippen molar-refractivity contribution < 1.29 is 15.7 Å². The van der Waals surface area contributed by atoms with E-state index in [2.05, 4.69) is 27.7 Å². The van der Waals surface area contributed by atoms with Gasteiger partial charge in [0.2, 0.25) is 0 Å². The van der Waals surface area contributed by atoms with E-state index in [4.69, 9.17) is 6.15 Å². The Morgan fingerprint density at radius 1 is 0.378 bits per heavy atom. The quantitative estimate of drug-likeness (QED) is 0.0486. The van der Waals surface area contributed by atoms with Gasteiger partial charge in [0, 0.05) is 0 Å². The summed E-state index contributed by atoms with van der Waals surface area (Å²) >= 11 is -3.74. The van der Waals surface area contributed by atoms with E-state index in [-0.39, 0.29) is 11.9 Å². The predicted octanol–water partition coefficient (Wildman–Crippen LogP) is 13.8. The van der Waals surface area contributed by atoms with Crippen LogP contribution in [-0.2, 0) is 15.7 Å². The van der Waals surface area contributed by atoms with E-state index in [9.17, 15) is 9.59 Å². The summed E-state index contributed by atoms with van der Waals surface area (Å²) in [7, 11) is 0. The average Bonchev–Trinajstić information content (AvgIpc) is 2.96. The summed E-state index contributed by atoms with van der Waals surface area (Å²) in [6, 6.07) is 0. The van der Waals surface area contributed by atoms with Crippen LogP contribution in [0.3, 0.4) is 0 Å². The molecule has 0 atom stereocenters. The van der Waals surface area contributed by atoms with E-state index in [0.717, 1.165) is 46.4 Å². The zero-order chi connectivity index (χ0) is 33.4. The summed E-state index contributed by atoms with van der Waals surface area (Å²) in [6.07, 6.45) is 37.2. The monoisotopic (exact) mass is 745 g/mol. The minimum absolute atomic E-state index is 0.266. The molecule has 0 radical (unpaired) electrons. The van der Waals surface area contributed by atoms with Crippen molar-refractivity contribution in [3.8, 4) is 0 Å². The van der Waals surface area contributed by atoms with Crippen LogP contribution in [0.4, 0.5) is 0 Å². The topological polar surface area (TPSA) is 52.6 Å². The third-order valence-corrected chi connectivity index (χ3v) is 19.5. The van der Waals surface area contributed by atoms with Crippen molar-refractivity contribution in [3.05, 3.63) is 0 Å². The molecule has 0 aliphatic rings. The van der Waals surface area contributed by atoms with Crippen LogP contribution in [0.25, 0.3) is 0 Å². The van der Waals surface area contributed by atoms with Crippen LogP contribution in [0, 0.1) is 11.8 Å². The molecule has 4 nitrogen and oxygen atoms in total. The van der Waals surface area contributed by atoms with Gasteiger partial charge in [-0.3, -0.25) is 0 Å². The summed E-state index contributed by atoms with van der Waals surface area (Å²) < 4.78 is 13.5. The van der Waals surface area contributed by atoms with Crippen LogP contribution in [-0.4, -0.2) is 31.1 Å². The summed E-state index contributed by atoms with van der Waals surface area (Å²) in [6.45, 7) is 12.3. The molecule has 0 bridgehead atoms. The molecule has 0 aliphatic heterocycles. The Kier molecular flexibility index (Phi) is 32.1. The molecule has 0 heterocycles. The first-order valence-electron chi connectivity index (χ1n) is 20.1.